The van der Waals surface area contributed by atoms with Crippen molar-refractivity contribution in [2.24, 2.45) is 5.73 Å². The minimum atomic E-state index is 0.250. The lowest BCUT2D eigenvalue weighted by Gasteiger charge is -2.05. The molecule has 3 N–H and O–H groups in total. The van der Waals surface area contributed by atoms with Crippen LogP contribution in [0, 0.1) is 5.41 Å². The predicted molar refractivity (Wildman–Crippen MR) is 68.4 cm³/mol. The van der Waals surface area contributed by atoms with Crippen LogP contribution in [0.25, 0.3) is 0 Å². The van der Waals surface area contributed by atoms with Gasteiger partial charge in [0, 0.05) is 13.0 Å². The number of nitrogens with one attached hydrogen (secondary N) is 1. The first-order chi connectivity index (χ1) is 8.22. The van der Waals surface area contributed by atoms with Crippen molar-refractivity contribution in [3.63, 3.8) is 0 Å². The molecule has 0 aliphatic carbocycles. The summed E-state index contributed by atoms with van der Waals surface area (Å²) in [6, 6.07) is 7.84. The fraction of sp³-hybridized carbons (Fsp3) is 0.462. The van der Waals surface area contributed by atoms with Crippen LogP contribution in [0.3, 0.4) is 0 Å². The number of ether oxygens (including phenoxy) is 2. The molecule has 0 bridgehead atoms. The van der Waals surface area contributed by atoms with Crippen molar-refractivity contribution in [3.8, 4) is 5.75 Å². The maximum Gasteiger partial charge on any atom is 0.118 e. The second kappa shape index (κ2) is 7.68. The molecule has 0 aliphatic heterocycles. The first-order valence-corrected chi connectivity index (χ1v) is 5.76. The lowest BCUT2D eigenvalue weighted by atomic mass is 10.2. The summed E-state index contributed by atoms with van der Waals surface area (Å²) in [5.41, 5.74) is 6.39. The van der Waals surface area contributed by atoms with Gasteiger partial charge in [-0.3, -0.25) is 5.41 Å². The molecule has 4 nitrogen and oxygen atoms in total. The number of benzene rings is 1. The summed E-state index contributed by atoms with van der Waals surface area (Å²) in [4.78, 5) is 0. The van der Waals surface area contributed by atoms with Gasteiger partial charge in [0.15, 0.2) is 0 Å². The second-order valence-corrected chi connectivity index (χ2v) is 3.88. The molecule has 0 unspecified atom stereocenters. The monoisotopic (exact) mass is 236 g/mol. The van der Waals surface area contributed by atoms with Crippen LogP contribution >= 0.6 is 0 Å². The minimum Gasteiger partial charge on any atom is -0.497 e. The van der Waals surface area contributed by atoms with Crippen LogP contribution in [0.4, 0.5) is 0 Å². The third-order valence-electron chi connectivity index (χ3n) is 2.41. The molecule has 0 saturated heterocycles. The van der Waals surface area contributed by atoms with Gasteiger partial charge in [-0.2, -0.15) is 0 Å². The zero-order chi connectivity index (χ0) is 12.5. The van der Waals surface area contributed by atoms with Crippen molar-refractivity contribution in [3.05, 3.63) is 29.8 Å². The number of amidine groups is 1. The van der Waals surface area contributed by atoms with E-state index in [2.05, 4.69) is 0 Å². The van der Waals surface area contributed by atoms with Gasteiger partial charge in [0.2, 0.25) is 0 Å². The van der Waals surface area contributed by atoms with Gasteiger partial charge in [-0.05, 0) is 30.5 Å². The molecule has 17 heavy (non-hydrogen) atoms. The quantitative estimate of drug-likeness (QED) is 0.413. The van der Waals surface area contributed by atoms with E-state index >= 15 is 0 Å². The minimum absolute atomic E-state index is 0.250. The Morgan fingerprint density at radius 2 is 1.94 bits per heavy atom. The highest BCUT2D eigenvalue weighted by atomic mass is 16.5. The van der Waals surface area contributed by atoms with E-state index in [-0.39, 0.29) is 5.84 Å². The number of hydrogen-bond donors (Lipinski definition) is 2. The van der Waals surface area contributed by atoms with Gasteiger partial charge < -0.3 is 15.2 Å². The summed E-state index contributed by atoms with van der Waals surface area (Å²) >= 11 is 0. The van der Waals surface area contributed by atoms with Crippen LogP contribution in [0.5, 0.6) is 5.75 Å². The summed E-state index contributed by atoms with van der Waals surface area (Å²) in [6.07, 6.45) is 2.51. The lowest BCUT2D eigenvalue weighted by Crippen LogP contribution is -2.09. The van der Waals surface area contributed by atoms with Crippen molar-refractivity contribution >= 4 is 5.84 Å². The summed E-state index contributed by atoms with van der Waals surface area (Å²) in [5, 5.41) is 7.07. The van der Waals surface area contributed by atoms with E-state index in [1.165, 1.54) is 0 Å². The number of unbranched alkanes of at least 4 members (excludes halogenated alkanes) is 1. The molecule has 0 fully saturated rings. The van der Waals surface area contributed by atoms with Crippen molar-refractivity contribution < 1.29 is 9.47 Å². The van der Waals surface area contributed by atoms with Crippen LogP contribution in [-0.2, 0) is 11.3 Å². The fourth-order valence-electron chi connectivity index (χ4n) is 1.43. The first kappa shape index (κ1) is 13.5. The van der Waals surface area contributed by atoms with Gasteiger partial charge in [0.25, 0.3) is 0 Å². The standard InChI is InChI=1S/C13H20N2O2/c1-16-12-7-5-11(6-8-12)10-17-9-3-2-4-13(14)15/h5-8H,2-4,9-10H2,1H3,(H3,14,15). The molecular formula is C13H20N2O2. The lowest BCUT2D eigenvalue weighted by molar-refractivity contribution is 0.117. The number of hydrogen-bond acceptors (Lipinski definition) is 3. The summed E-state index contributed by atoms with van der Waals surface area (Å²) < 4.78 is 10.6. The van der Waals surface area contributed by atoms with E-state index in [0.29, 0.717) is 19.6 Å². The summed E-state index contributed by atoms with van der Waals surface area (Å²) in [6.45, 7) is 1.32. The Morgan fingerprint density at radius 1 is 1.24 bits per heavy atom. The van der Waals surface area contributed by atoms with Gasteiger partial charge in [-0.15, -0.1) is 0 Å². The van der Waals surface area contributed by atoms with E-state index in [4.69, 9.17) is 20.6 Å². The molecule has 4 heteroatoms. The second-order valence-electron chi connectivity index (χ2n) is 3.88. The molecule has 94 valence electrons. The molecule has 0 radical (unpaired) electrons. The Kier molecular flexibility index (Phi) is 6.10. The molecule has 0 aromatic heterocycles. The third kappa shape index (κ3) is 5.92. The zero-order valence-electron chi connectivity index (χ0n) is 10.2. The Balaban J connectivity index is 2.11. The van der Waals surface area contributed by atoms with Crippen LogP contribution < -0.4 is 10.5 Å². The zero-order valence-corrected chi connectivity index (χ0v) is 10.2. The van der Waals surface area contributed by atoms with E-state index in [0.717, 1.165) is 24.2 Å². The van der Waals surface area contributed by atoms with Crippen molar-refractivity contribution in [2.75, 3.05) is 13.7 Å². The Hall–Kier alpha value is -1.55. The molecule has 0 spiro atoms. The van der Waals surface area contributed by atoms with Gasteiger partial charge in [0.1, 0.15) is 5.75 Å². The Morgan fingerprint density at radius 3 is 2.53 bits per heavy atom. The summed E-state index contributed by atoms with van der Waals surface area (Å²) in [5.74, 6) is 1.11. The van der Waals surface area contributed by atoms with Crippen LogP contribution in [-0.4, -0.2) is 19.6 Å². The predicted octanol–water partition coefficient (Wildman–Crippen LogP) is 2.32. The normalized spacial score (nSPS) is 10.2. The number of nitrogens with two attached hydrogens (primary N) is 1. The highest BCUT2D eigenvalue weighted by Crippen LogP contribution is 2.12. The molecule has 1 aromatic carbocycles. The largest absolute Gasteiger partial charge is 0.497 e. The molecule has 0 saturated carbocycles. The molecule has 0 amide bonds. The average molecular weight is 236 g/mol. The Labute approximate surface area is 102 Å². The fourth-order valence-corrected chi connectivity index (χ4v) is 1.43. The average Bonchev–Trinajstić information content (AvgIpc) is 2.34. The number of methoxy groups -OCH3 is 1. The highest BCUT2D eigenvalue weighted by Gasteiger charge is 1.95. The van der Waals surface area contributed by atoms with Crippen LogP contribution in [0.2, 0.25) is 0 Å². The molecule has 0 atom stereocenters. The van der Waals surface area contributed by atoms with Crippen molar-refractivity contribution in [1.82, 2.24) is 0 Å². The van der Waals surface area contributed by atoms with E-state index in [1.807, 2.05) is 24.3 Å². The molecule has 1 rings (SSSR count). The Bertz CT molecular complexity index is 336. The van der Waals surface area contributed by atoms with Crippen molar-refractivity contribution in [2.45, 2.75) is 25.9 Å². The number of rotatable bonds is 8. The maximum atomic E-state index is 7.07. The van der Waals surface area contributed by atoms with Crippen LogP contribution in [0.15, 0.2) is 24.3 Å². The maximum absolute atomic E-state index is 7.07. The van der Waals surface area contributed by atoms with Crippen LogP contribution in [0.1, 0.15) is 24.8 Å². The smallest absolute Gasteiger partial charge is 0.118 e. The van der Waals surface area contributed by atoms with E-state index in [1.54, 1.807) is 7.11 Å². The van der Waals surface area contributed by atoms with Gasteiger partial charge in [0.05, 0.1) is 19.6 Å². The summed E-state index contributed by atoms with van der Waals surface area (Å²) in [7, 11) is 1.65. The van der Waals surface area contributed by atoms with Gasteiger partial charge in [-0.25, -0.2) is 0 Å². The third-order valence-corrected chi connectivity index (χ3v) is 2.41. The first-order valence-electron chi connectivity index (χ1n) is 5.76. The highest BCUT2D eigenvalue weighted by molar-refractivity contribution is 5.76. The topological polar surface area (TPSA) is 68.3 Å². The molecule has 1 aromatic rings. The van der Waals surface area contributed by atoms with Crippen molar-refractivity contribution in [1.29, 1.82) is 5.41 Å². The van der Waals surface area contributed by atoms with E-state index < -0.39 is 0 Å². The SMILES string of the molecule is COc1ccc(COCCCCC(=N)N)cc1. The van der Waals surface area contributed by atoms with E-state index in [9.17, 15) is 0 Å². The molecular weight excluding hydrogens is 216 g/mol. The van der Waals surface area contributed by atoms with Gasteiger partial charge in [-0.1, -0.05) is 12.1 Å². The van der Waals surface area contributed by atoms with Gasteiger partial charge >= 0.3 is 0 Å². The molecule has 0 heterocycles. The molecule has 0 aliphatic rings.